The highest BCUT2D eigenvalue weighted by Gasteiger charge is 2.15. The van der Waals surface area contributed by atoms with Gasteiger partial charge in [-0.2, -0.15) is 5.10 Å². The zero-order valence-electron chi connectivity index (χ0n) is 13.9. The molecule has 3 aromatic rings. The fraction of sp³-hybridized carbons (Fsp3) is 0.118. The van der Waals surface area contributed by atoms with Crippen LogP contribution >= 0.6 is 0 Å². The molecule has 0 aliphatic heterocycles. The summed E-state index contributed by atoms with van der Waals surface area (Å²) in [5, 5.41) is 9.14. The van der Waals surface area contributed by atoms with Crippen molar-refractivity contribution in [2.24, 2.45) is 0 Å². The minimum absolute atomic E-state index is 0.0309. The highest BCUT2D eigenvalue weighted by molar-refractivity contribution is 6.05. The van der Waals surface area contributed by atoms with Crippen molar-refractivity contribution in [2.45, 2.75) is 6.42 Å². The summed E-state index contributed by atoms with van der Waals surface area (Å²) in [6.07, 6.45) is 1.30. The van der Waals surface area contributed by atoms with Crippen LogP contribution in [-0.2, 0) is 4.79 Å². The highest BCUT2D eigenvalue weighted by Crippen LogP contribution is 2.11. The molecule has 4 N–H and O–H groups in total. The molecular formula is C17H15N5O5. The minimum Gasteiger partial charge on any atom is -0.459 e. The number of rotatable bonds is 5. The van der Waals surface area contributed by atoms with Gasteiger partial charge in [0.1, 0.15) is 0 Å². The Labute approximate surface area is 151 Å². The van der Waals surface area contributed by atoms with Crippen LogP contribution in [0.1, 0.15) is 27.5 Å². The van der Waals surface area contributed by atoms with E-state index in [-0.39, 0.29) is 24.4 Å². The largest absolute Gasteiger partial charge is 0.459 e. The number of fused-ring (bicyclic) bond motifs is 1. The van der Waals surface area contributed by atoms with Crippen LogP contribution in [0.4, 0.5) is 0 Å². The van der Waals surface area contributed by atoms with Crippen molar-refractivity contribution in [3.05, 3.63) is 64.5 Å². The Morgan fingerprint density at radius 3 is 2.52 bits per heavy atom. The Morgan fingerprint density at radius 2 is 1.78 bits per heavy atom. The standard InChI is InChI=1S/C17H15N5O5/c23-13(7-8-18-16(25)12-6-3-9-27-12)19-22-17(26)14-10-4-1-2-5-11(10)15(24)21-20-14/h1-6,9H,7-8H2,(H,18,25)(H,19,23)(H,21,24)(H,22,26). The van der Waals surface area contributed by atoms with Gasteiger partial charge >= 0.3 is 0 Å². The topological polar surface area (TPSA) is 146 Å². The Kier molecular flexibility index (Phi) is 5.26. The molecule has 0 radical (unpaired) electrons. The van der Waals surface area contributed by atoms with E-state index in [1.807, 2.05) is 0 Å². The first-order valence-electron chi connectivity index (χ1n) is 7.94. The van der Waals surface area contributed by atoms with Crippen LogP contribution in [0.25, 0.3) is 10.8 Å². The maximum absolute atomic E-state index is 12.2. The van der Waals surface area contributed by atoms with Gasteiger partial charge in [-0.1, -0.05) is 18.2 Å². The summed E-state index contributed by atoms with van der Waals surface area (Å²) >= 11 is 0. The fourth-order valence-corrected chi connectivity index (χ4v) is 2.32. The number of aromatic amines is 1. The fourth-order valence-electron chi connectivity index (χ4n) is 2.32. The number of hydrogen-bond donors (Lipinski definition) is 4. The first kappa shape index (κ1) is 17.9. The molecule has 0 unspecified atom stereocenters. The van der Waals surface area contributed by atoms with E-state index in [1.54, 1.807) is 30.3 Å². The molecule has 0 bridgehead atoms. The van der Waals surface area contributed by atoms with Crippen molar-refractivity contribution >= 4 is 28.5 Å². The Hall–Kier alpha value is -3.95. The molecule has 3 rings (SSSR count). The average molecular weight is 369 g/mol. The van der Waals surface area contributed by atoms with Gasteiger partial charge in [0.15, 0.2) is 11.5 Å². The summed E-state index contributed by atoms with van der Waals surface area (Å²) in [4.78, 5) is 47.4. The molecule has 10 nitrogen and oxygen atoms in total. The average Bonchev–Trinajstić information content (AvgIpc) is 3.21. The van der Waals surface area contributed by atoms with Crippen molar-refractivity contribution in [1.29, 1.82) is 0 Å². The predicted molar refractivity (Wildman–Crippen MR) is 93.6 cm³/mol. The molecule has 10 heteroatoms. The van der Waals surface area contributed by atoms with Crippen LogP contribution in [0, 0.1) is 0 Å². The molecule has 2 aromatic heterocycles. The molecule has 0 aliphatic carbocycles. The van der Waals surface area contributed by atoms with Gasteiger partial charge < -0.3 is 9.73 Å². The SMILES string of the molecule is O=C(CCNC(=O)c1ccco1)NNC(=O)c1n[nH]c(=O)c2ccccc12. The van der Waals surface area contributed by atoms with Crippen LogP contribution in [0.5, 0.6) is 0 Å². The highest BCUT2D eigenvalue weighted by atomic mass is 16.3. The van der Waals surface area contributed by atoms with E-state index in [2.05, 4.69) is 26.4 Å². The Bertz CT molecular complexity index is 1040. The van der Waals surface area contributed by atoms with Gasteiger partial charge in [-0.3, -0.25) is 30.0 Å². The number of H-pyrrole nitrogens is 1. The van der Waals surface area contributed by atoms with E-state index in [4.69, 9.17) is 4.42 Å². The van der Waals surface area contributed by atoms with Crippen molar-refractivity contribution in [1.82, 2.24) is 26.4 Å². The Morgan fingerprint density at radius 1 is 1.00 bits per heavy atom. The van der Waals surface area contributed by atoms with Gasteiger partial charge in [0.25, 0.3) is 17.4 Å². The lowest BCUT2D eigenvalue weighted by molar-refractivity contribution is -0.121. The number of carbonyl (C=O) groups is 3. The van der Waals surface area contributed by atoms with E-state index >= 15 is 0 Å². The van der Waals surface area contributed by atoms with E-state index in [0.717, 1.165) is 0 Å². The number of hydrogen-bond acceptors (Lipinski definition) is 6. The summed E-state index contributed by atoms with van der Waals surface area (Å²) in [6, 6.07) is 9.55. The molecular weight excluding hydrogens is 354 g/mol. The molecule has 0 atom stereocenters. The van der Waals surface area contributed by atoms with Gasteiger partial charge in [0.05, 0.1) is 11.6 Å². The quantitative estimate of drug-likeness (QED) is 0.469. The van der Waals surface area contributed by atoms with Crippen LogP contribution < -0.4 is 21.7 Å². The van der Waals surface area contributed by atoms with E-state index in [9.17, 15) is 19.2 Å². The predicted octanol–water partition coefficient (Wildman–Crippen LogP) is 0.0972. The van der Waals surface area contributed by atoms with Gasteiger partial charge in [-0.25, -0.2) is 5.10 Å². The van der Waals surface area contributed by atoms with E-state index in [0.29, 0.717) is 10.8 Å². The number of nitrogens with one attached hydrogen (secondary N) is 4. The summed E-state index contributed by atoms with van der Waals surface area (Å²) in [5.41, 5.74) is 4.00. The molecule has 0 spiro atoms. The Balaban J connectivity index is 1.52. The molecule has 1 aromatic carbocycles. The summed E-state index contributed by atoms with van der Waals surface area (Å²) < 4.78 is 4.92. The number of hydrazine groups is 1. The molecule has 0 saturated carbocycles. The molecule has 138 valence electrons. The first-order chi connectivity index (χ1) is 13.1. The summed E-state index contributed by atoms with van der Waals surface area (Å²) in [5.74, 6) is -1.51. The van der Waals surface area contributed by atoms with Crippen LogP contribution in [-0.4, -0.2) is 34.5 Å². The number of carbonyl (C=O) groups excluding carboxylic acids is 3. The molecule has 0 aliphatic rings. The summed E-state index contributed by atoms with van der Waals surface area (Å²) in [7, 11) is 0. The maximum atomic E-state index is 12.2. The van der Waals surface area contributed by atoms with Gasteiger partial charge in [0.2, 0.25) is 5.91 Å². The molecule has 0 fully saturated rings. The second-order valence-corrected chi connectivity index (χ2v) is 5.43. The number of amides is 3. The minimum atomic E-state index is -0.685. The molecule has 0 saturated heterocycles. The zero-order valence-corrected chi connectivity index (χ0v) is 13.9. The van der Waals surface area contributed by atoms with E-state index < -0.39 is 23.3 Å². The monoisotopic (exact) mass is 369 g/mol. The first-order valence-corrected chi connectivity index (χ1v) is 7.94. The van der Waals surface area contributed by atoms with Gasteiger partial charge in [-0.15, -0.1) is 0 Å². The number of benzene rings is 1. The maximum Gasteiger partial charge on any atom is 0.290 e. The van der Waals surface area contributed by atoms with Crippen molar-refractivity contribution < 1.29 is 18.8 Å². The van der Waals surface area contributed by atoms with Crippen LogP contribution in [0.2, 0.25) is 0 Å². The van der Waals surface area contributed by atoms with Gasteiger partial charge in [0, 0.05) is 18.4 Å². The third-order valence-corrected chi connectivity index (χ3v) is 3.61. The van der Waals surface area contributed by atoms with Gasteiger partial charge in [-0.05, 0) is 18.2 Å². The second kappa shape index (κ2) is 7.95. The second-order valence-electron chi connectivity index (χ2n) is 5.43. The normalized spacial score (nSPS) is 10.4. The number of aromatic nitrogens is 2. The van der Waals surface area contributed by atoms with Crippen molar-refractivity contribution in [2.75, 3.05) is 6.54 Å². The van der Waals surface area contributed by atoms with Crippen molar-refractivity contribution in [3.8, 4) is 0 Å². The van der Waals surface area contributed by atoms with Crippen LogP contribution in [0.15, 0.2) is 51.9 Å². The van der Waals surface area contributed by atoms with Crippen molar-refractivity contribution in [3.63, 3.8) is 0 Å². The smallest absolute Gasteiger partial charge is 0.290 e. The summed E-state index contributed by atoms with van der Waals surface area (Å²) in [6.45, 7) is 0.0566. The lowest BCUT2D eigenvalue weighted by Gasteiger charge is -2.08. The molecule has 27 heavy (non-hydrogen) atoms. The molecule has 2 heterocycles. The van der Waals surface area contributed by atoms with Crippen LogP contribution in [0.3, 0.4) is 0 Å². The third-order valence-electron chi connectivity index (χ3n) is 3.61. The zero-order chi connectivity index (χ0) is 19.2. The van der Waals surface area contributed by atoms with E-state index in [1.165, 1.54) is 12.3 Å². The third kappa shape index (κ3) is 4.18. The lowest BCUT2D eigenvalue weighted by atomic mass is 10.1. The number of nitrogens with zero attached hydrogens (tertiary/aromatic N) is 1. The molecule has 3 amide bonds. The lowest BCUT2D eigenvalue weighted by Crippen LogP contribution is -2.43. The number of furan rings is 1.